The second-order valence-corrected chi connectivity index (χ2v) is 5.08. The van der Waals surface area contributed by atoms with E-state index in [-0.39, 0.29) is 11.5 Å². The molecule has 21 heavy (non-hydrogen) atoms. The Morgan fingerprint density at radius 3 is 2.76 bits per heavy atom. The van der Waals surface area contributed by atoms with E-state index >= 15 is 0 Å². The summed E-state index contributed by atoms with van der Waals surface area (Å²) in [5.74, 6) is 0.168. The first-order valence-corrected chi connectivity index (χ1v) is 6.98. The van der Waals surface area contributed by atoms with Gasteiger partial charge < -0.3 is 0 Å². The van der Waals surface area contributed by atoms with Crippen molar-refractivity contribution in [2.24, 2.45) is 5.10 Å². The standard InChI is InChI=1S/C13H13Cl2N5O/c1-3-11(9-5-4-8(14)6-10(9)15)18-20-13-16-12(21)7(2)17-19-13/h4-6H,3H2,1-2H3,(H2,16,19,20,21)/b18-11-. The van der Waals surface area contributed by atoms with Crippen LogP contribution in [0.5, 0.6) is 0 Å². The molecule has 0 fully saturated rings. The minimum Gasteiger partial charge on any atom is -0.288 e. The number of nitrogens with zero attached hydrogens (tertiary/aromatic N) is 3. The van der Waals surface area contributed by atoms with Crippen LogP contribution in [0.2, 0.25) is 10.0 Å². The molecule has 0 aliphatic rings. The Morgan fingerprint density at radius 2 is 2.14 bits per heavy atom. The first-order valence-electron chi connectivity index (χ1n) is 6.23. The molecule has 6 nitrogen and oxygen atoms in total. The van der Waals surface area contributed by atoms with Gasteiger partial charge in [0.15, 0.2) is 0 Å². The lowest BCUT2D eigenvalue weighted by Crippen LogP contribution is -2.16. The van der Waals surface area contributed by atoms with E-state index < -0.39 is 0 Å². The highest BCUT2D eigenvalue weighted by Gasteiger charge is 2.08. The van der Waals surface area contributed by atoms with E-state index in [0.29, 0.717) is 27.9 Å². The monoisotopic (exact) mass is 325 g/mol. The van der Waals surface area contributed by atoms with Gasteiger partial charge in [0.1, 0.15) is 5.69 Å². The van der Waals surface area contributed by atoms with Crippen LogP contribution in [0.1, 0.15) is 24.6 Å². The van der Waals surface area contributed by atoms with E-state index in [1.165, 1.54) is 0 Å². The van der Waals surface area contributed by atoms with Crippen LogP contribution in [0.3, 0.4) is 0 Å². The molecule has 1 aromatic heterocycles. The van der Waals surface area contributed by atoms with Gasteiger partial charge in [0.2, 0.25) is 5.95 Å². The number of halogens is 2. The zero-order chi connectivity index (χ0) is 15.4. The van der Waals surface area contributed by atoms with E-state index in [2.05, 4.69) is 25.7 Å². The van der Waals surface area contributed by atoms with Crippen LogP contribution < -0.4 is 11.0 Å². The molecular formula is C13H13Cl2N5O. The molecule has 0 bridgehead atoms. The number of hydrogen-bond donors (Lipinski definition) is 2. The van der Waals surface area contributed by atoms with E-state index in [1.807, 2.05) is 6.92 Å². The van der Waals surface area contributed by atoms with Crippen LogP contribution in [-0.4, -0.2) is 20.9 Å². The molecule has 0 saturated heterocycles. The predicted molar refractivity (Wildman–Crippen MR) is 84.3 cm³/mol. The van der Waals surface area contributed by atoms with Crippen molar-refractivity contribution < 1.29 is 0 Å². The molecule has 1 heterocycles. The van der Waals surface area contributed by atoms with Crippen molar-refractivity contribution in [1.82, 2.24) is 15.2 Å². The van der Waals surface area contributed by atoms with E-state index in [4.69, 9.17) is 23.2 Å². The molecule has 2 aromatic rings. The molecular weight excluding hydrogens is 313 g/mol. The number of hydrazone groups is 1. The molecule has 0 aliphatic heterocycles. The fraction of sp³-hybridized carbons (Fsp3) is 0.231. The summed E-state index contributed by atoms with van der Waals surface area (Å²) in [4.78, 5) is 14.0. The Hall–Kier alpha value is -1.92. The number of anilines is 1. The van der Waals surface area contributed by atoms with Crippen LogP contribution in [0.25, 0.3) is 0 Å². The van der Waals surface area contributed by atoms with Gasteiger partial charge in [-0.2, -0.15) is 5.10 Å². The molecule has 0 amide bonds. The van der Waals surface area contributed by atoms with Gasteiger partial charge in [-0.15, -0.1) is 10.2 Å². The topological polar surface area (TPSA) is 83.0 Å². The fourth-order valence-corrected chi connectivity index (χ4v) is 2.13. The smallest absolute Gasteiger partial charge is 0.274 e. The third-order valence-corrected chi connectivity index (χ3v) is 3.28. The quantitative estimate of drug-likeness (QED) is 0.668. The Kier molecular flexibility index (Phi) is 4.93. The van der Waals surface area contributed by atoms with Crippen molar-refractivity contribution in [2.75, 3.05) is 5.43 Å². The Morgan fingerprint density at radius 1 is 1.38 bits per heavy atom. The van der Waals surface area contributed by atoms with E-state index in [1.54, 1.807) is 25.1 Å². The normalized spacial score (nSPS) is 11.5. The first-order chi connectivity index (χ1) is 10.0. The van der Waals surface area contributed by atoms with Crippen molar-refractivity contribution in [1.29, 1.82) is 0 Å². The molecule has 0 spiro atoms. The lowest BCUT2D eigenvalue weighted by Gasteiger charge is -2.07. The van der Waals surface area contributed by atoms with E-state index in [9.17, 15) is 4.79 Å². The second-order valence-electron chi connectivity index (χ2n) is 4.24. The SMILES string of the molecule is CC/C(=N/Nc1nnc(C)c(=O)[nH]1)c1ccc(Cl)cc1Cl. The summed E-state index contributed by atoms with van der Waals surface area (Å²) in [6.45, 7) is 3.51. The summed E-state index contributed by atoms with van der Waals surface area (Å²) in [5, 5.41) is 12.8. The number of rotatable bonds is 4. The summed E-state index contributed by atoms with van der Waals surface area (Å²) >= 11 is 12.0. The highest BCUT2D eigenvalue weighted by Crippen LogP contribution is 2.22. The van der Waals surface area contributed by atoms with Crippen LogP contribution in [0.15, 0.2) is 28.1 Å². The fourth-order valence-electron chi connectivity index (χ4n) is 1.62. The number of nitrogens with one attached hydrogen (secondary N) is 2. The van der Waals surface area contributed by atoms with Crippen molar-refractivity contribution >= 4 is 34.9 Å². The molecule has 0 radical (unpaired) electrons. The maximum absolute atomic E-state index is 11.4. The maximum atomic E-state index is 11.4. The summed E-state index contributed by atoms with van der Waals surface area (Å²) in [7, 11) is 0. The number of H-pyrrole nitrogens is 1. The summed E-state index contributed by atoms with van der Waals surface area (Å²) < 4.78 is 0. The average Bonchev–Trinajstić information content (AvgIpc) is 2.45. The molecule has 2 rings (SSSR count). The van der Waals surface area contributed by atoms with Crippen LogP contribution >= 0.6 is 23.2 Å². The Labute approximate surface area is 131 Å². The largest absolute Gasteiger partial charge is 0.288 e. The van der Waals surface area contributed by atoms with Crippen molar-refractivity contribution in [2.45, 2.75) is 20.3 Å². The van der Waals surface area contributed by atoms with Gasteiger partial charge >= 0.3 is 0 Å². The van der Waals surface area contributed by atoms with E-state index in [0.717, 1.165) is 5.56 Å². The minimum atomic E-state index is -0.315. The number of aryl methyl sites for hydroxylation is 1. The van der Waals surface area contributed by atoms with Crippen molar-refractivity contribution in [3.05, 3.63) is 49.9 Å². The molecule has 1 aromatic carbocycles. The van der Waals surface area contributed by atoms with Crippen LogP contribution in [0.4, 0.5) is 5.95 Å². The molecule has 0 saturated carbocycles. The molecule has 8 heteroatoms. The third-order valence-electron chi connectivity index (χ3n) is 2.73. The zero-order valence-corrected chi connectivity index (χ0v) is 13.0. The molecule has 0 aliphatic carbocycles. The van der Waals surface area contributed by atoms with Gasteiger partial charge in [-0.3, -0.25) is 9.78 Å². The van der Waals surface area contributed by atoms with Gasteiger partial charge in [-0.1, -0.05) is 36.2 Å². The Bertz CT molecular complexity index is 742. The molecule has 0 unspecified atom stereocenters. The second kappa shape index (κ2) is 6.69. The average molecular weight is 326 g/mol. The lowest BCUT2D eigenvalue weighted by molar-refractivity contribution is 0.896. The minimum absolute atomic E-state index is 0.168. The third kappa shape index (κ3) is 3.80. The van der Waals surface area contributed by atoms with Gasteiger partial charge in [0, 0.05) is 10.6 Å². The van der Waals surface area contributed by atoms with Crippen molar-refractivity contribution in [3.63, 3.8) is 0 Å². The van der Waals surface area contributed by atoms with Crippen molar-refractivity contribution in [3.8, 4) is 0 Å². The summed E-state index contributed by atoms with van der Waals surface area (Å²) in [6, 6.07) is 5.18. The number of benzene rings is 1. The van der Waals surface area contributed by atoms with Gasteiger partial charge in [-0.25, -0.2) is 5.43 Å². The van der Waals surface area contributed by atoms with Crippen LogP contribution in [0, 0.1) is 6.92 Å². The Balaban J connectivity index is 2.28. The highest BCUT2D eigenvalue weighted by molar-refractivity contribution is 6.37. The summed E-state index contributed by atoms with van der Waals surface area (Å²) in [6.07, 6.45) is 0.637. The van der Waals surface area contributed by atoms with Gasteiger partial charge in [0.05, 0.1) is 10.7 Å². The molecule has 110 valence electrons. The zero-order valence-electron chi connectivity index (χ0n) is 11.4. The highest BCUT2D eigenvalue weighted by atomic mass is 35.5. The molecule has 0 atom stereocenters. The number of aromatic amines is 1. The van der Waals surface area contributed by atoms with Crippen LogP contribution in [-0.2, 0) is 0 Å². The first kappa shape index (κ1) is 15.5. The predicted octanol–water partition coefficient (Wildman–Crippen LogP) is 3.01. The lowest BCUT2D eigenvalue weighted by atomic mass is 10.1. The summed E-state index contributed by atoms with van der Waals surface area (Å²) in [5.41, 5.74) is 4.12. The van der Waals surface area contributed by atoms with Gasteiger partial charge in [-0.05, 0) is 25.5 Å². The molecule has 2 N–H and O–H groups in total. The van der Waals surface area contributed by atoms with Gasteiger partial charge in [0.25, 0.3) is 5.56 Å². The number of aromatic nitrogens is 3. The number of hydrogen-bond acceptors (Lipinski definition) is 5. The maximum Gasteiger partial charge on any atom is 0.274 e.